The zero-order valence-corrected chi connectivity index (χ0v) is 17.7. The minimum atomic E-state index is -3.81. The number of nitrogens with zero attached hydrogens (tertiary/aromatic N) is 2. The Bertz CT molecular complexity index is 1100. The molecule has 0 spiro atoms. The molecule has 1 fully saturated rings. The maximum Gasteiger partial charge on any atom is 0.258 e. The molecule has 1 N–H and O–H groups in total. The van der Waals surface area contributed by atoms with Crippen molar-refractivity contribution in [3.8, 4) is 11.5 Å². The highest BCUT2D eigenvalue weighted by molar-refractivity contribution is 7.89. The predicted molar refractivity (Wildman–Crippen MR) is 111 cm³/mol. The summed E-state index contributed by atoms with van der Waals surface area (Å²) >= 11 is 5.85. The van der Waals surface area contributed by atoms with Gasteiger partial charge in [-0.15, -0.1) is 0 Å². The van der Waals surface area contributed by atoms with Crippen molar-refractivity contribution in [1.82, 2.24) is 9.73 Å². The second kappa shape index (κ2) is 8.25. The number of benzene rings is 2. The predicted octanol–water partition coefficient (Wildman–Crippen LogP) is 2.68. The number of hydrazone groups is 1. The molecule has 8 nitrogen and oxygen atoms in total. The SMILES string of the molecule is Cc1cc2c(cc1/C=N\NC(=O)[C@H]1CCCN1S(=O)(=O)c1ccc(Cl)cc1)OCO2. The lowest BCUT2D eigenvalue weighted by molar-refractivity contribution is -0.124. The van der Waals surface area contributed by atoms with Crippen LogP contribution in [0.2, 0.25) is 5.02 Å². The van der Waals surface area contributed by atoms with Crippen LogP contribution in [-0.2, 0) is 14.8 Å². The minimum Gasteiger partial charge on any atom is -0.454 e. The monoisotopic (exact) mass is 449 g/mol. The van der Waals surface area contributed by atoms with E-state index in [0.29, 0.717) is 29.4 Å². The van der Waals surface area contributed by atoms with Crippen LogP contribution in [0, 0.1) is 6.92 Å². The number of aryl methyl sites for hydroxylation is 1. The molecule has 0 aromatic heterocycles. The van der Waals surface area contributed by atoms with Gasteiger partial charge in [0.2, 0.25) is 16.8 Å². The van der Waals surface area contributed by atoms with Crippen molar-refractivity contribution >= 4 is 33.7 Å². The van der Waals surface area contributed by atoms with Crippen molar-refractivity contribution in [2.75, 3.05) is 13.3 Å². The number of sulfonamides is 1. The molecule has 0 radical (unpaired) electrons. The summed E-state index contributed by atoms with van der Waals surface area (Å²) < 4.78 is 37.8. The van der Waals surface area contributed by atoms with Gasteiger partial charge in [0.15, 0.2) is 11.5 Å². The summed E-state index contributed by atoms with van der Waals surface area (Å²) in [5.74, 6) is 0.812. The molecule has 2 aliphatic heterocycles. The van der Waals surface area contributed by atoms with E-state index in [4.69, 9.17) is 21.1 Å². The third-order valence-corrected chi connectivity index (χ3v) is 7.24. The summed E-state index contributed by atoms with van der Waals surface area (Å²) in [5.41, 5.74) is 4.13. The molecular weight excluding hydrogens is 430 g/mol. The summed E-state index contributed by atoms with van der Waals surface area (Å²) in [6.45, 7) is 2.34. The maximum atomic E-state index is 12.9. The van der Waals surface area contributed by atoms with Gasteiger partial charge in [-0.25, -0.2) is 13.8 Å². The maximum absolute atomic E-state index is 12.9. The molecule has 2 heterocycles. The van der Waals surface area contributed by atoms with Gasteiger partial charge in [0.1, 0.15) is 6.04 Å². The van der Waals surface area contributed by atoms with Crippen LogP contribution in [0.3, 0.4) is 0 Å². The number of hydrogen-bond donors (Lipinski definition) is 1. The number of ether oxygens (including phenoxy) is 2. The highest BCUT2D eigenvalue weighted by atomic mass is 35.5. The largest absolute Gasteiger partial charge is 0.454 e. The van der Waals surface area contributed by atoms with Gasteiger partial charge in [-0.1, -0.05) is 11.6 Å². The van der Waals surface area contributed by atoms with E-state index < -0.39 is 22.0 Å². The highest BCUT2D eigenvalue weighted by Gasteiger charge is 2.39. The van der Waals surface area contributed by atoms with Gasteiger partial charge < -0.3 is 9.47 Å². The number of carbonyl (C=O) groups excluding carboxylic acids is 1. The van der Waals surface area contributed by atoms with Crippen LogP contribution in [-0.4, -0.2) is 44.2 Å². The number of fused-ring (bicyclic) bond motifs is 1. The van der Waals surface area contributed by atoms with E-state index in [1.54, 1.807) is 6.07 Å². The van der Waals surface area contributed by atoms with Gasteiger partial charge in [-0.2, -0.15) is 9.41 Å². The van der Waals surface area contributed by atoms with Crippen LogP contribution in [0.5, 0.6) is 11.5 Å². The smallest absolute Gasteiger partial charge is 0.258 e. The van der Waals surface area contributed by atoms with Crippen LogP contribution in [0.25, 0.3) is 0 Å². The van der Waals surface area contributed by atoms with Gasteiger partial charge >= 0.3 is 0 Å². The zero-order valence-electron chi connectivity index (χ0n) is 16.2. The van der Waals surface area contributed by atoms with Crippen molar-refractivity contribution in [3.05, 3.63) is 52.5 Å². The molecule has 0 bridgehead atoms. The molecule has 158 valence electrons. The van der Waals surface area contributed by atoms with Crippen LogP contribution in [0.4, 0.5) is 0 Å². The summed E-state index contributed by atoms with van der Waals surface area (Å²) in [7, 11) is -3.81. The Kier molecular flexibility index (Phi) is 5.68. The average Bonchev–Trinajstić information content (AvgIpc) is 3.38. The molecule has 4 rings (SSSR count). The van der Waals surface area contributed by atoms with Crippen LogP contribution in [0.15, 0.2) is 46.4 Å². The quantitative estimate of drug-likeness (QED) is 0.559. The first-order valence-corrected chi connectivity index (χ1v) is 11.2. The molecule has 1 saturated heterocycles. The lowest BCUT2D eigenvalue weighted by Gasteiger charge is -2.22. The van der Waals surface area contributed by atoms with E-state index in [1.807, 2.05) is 13.0 Å². The summed E-state index contributed by atoms with van der Waals surface area (Å²) in [6, 6.07) is 8.69. The number of amides is 1. The summed E-state index contributed by atoms with van der Waals surface area (Å²) in [4.78, 5) is 12.8. The number of rotatable bonds is 5. The molecule has 2 aromatic carbocycles. The summed E-state index contributed by atoms with van der Waals surface area (Å²) in [5, 5.41) is 4.46. The van der Waals surface area contributed by atoms with Crippen LogP contribution < -0.4 is 14.9 Å². The normalized spacial score (nSPS) is 18.8. The molecule has 10 heteroatoms. The van der Waals surface area contributed by atoms with E-state index in [2.05, 4.69) is 10.5 Å². The molecule has 2 aromatic rings. The first-order chi connectivity index (χ1) is 14.4. The topological polar surface area (TPSA) is 97.3 Å². The minimum absolute atomic E-state index is 0.103. The second-order valence-corrected chi connectivity index (χ2v) is 9.35. The van der Waals surface area contributed by atoms with Crippen molar-refractivity contribution in [3.63, 3.8) is 0 Å². The Morgan fingerprint density at radius 1 is 1.23 bits per heavy atom. The lowest BCUT2D eigenvalue weighted by atomic mass is 10.1. The van der Waals surface area contributed by atoms with Crippen molar-refractivity contribution < 1.29 is 22.7 Å². The van der Waals surface area contributed by atoms with E-state index >= 15 is 0 Å². The van der Waals surface area contributed by atoms with Gasteiger partial charge in [0.25, 0.3) is 5.91 Å². The number of halogens is 1. The first kappa shape index (κ1) is 20.6. The number of hydrogen-bond acceptors (Lipinski definition) is 6. The van der Waals surface area contributed by atoms with Crippen molar-refractivity contribution in [2.24, 2.45) is 5.10 Å². The van der Waals surface area contributed by atoms with E-state index in [-0.39, 0.29) is 18.2 Å². The fourth-order valence-corrected chi connectivity index (χ4v) is 5.25. The molecule has 1 atom stereocenters. The number of nitrogens with one attached hydrogen (secondary N) is 1. The van der Waals surface area contributed by atoms with Crippen molar-refractivity contribution in [2.45, 2.75) is 30.7 Å². The van der Waals surface area contributed by atoms with E-state index in [9.17, 15) is 13.2 Å². The Balaban J connectivity index is 1.46. The van der Waals surface area contributed by atoms with Crippen LogP contribution in [0.1, 0.15) is 24.0 Å². The Labute approximate surface area is 179 Å². The molecular formula is C20H20ClN3O5S. The van der Waals surface area contributed by atoms with Gasteiger partial charge in [0.05, 0.1) is 11.1 Å². The third kappa shape index (κ3) is 4.00. The molecule has 0 unspecified atom stereocenters. The third-order valence-electron chi connectivity index (χ3n) is 5.07. The molecule has 0 aliphatic carbocycles. The van der Waals surface area contributed by atoms with Crippen molar-refractivity contribution in [1.29, 1.82) is 0 Å². The Hall–Kier alpha value is -2.62. The first-order valence-electron chi connectivity index (χ1n) is 9.37. The van der Waals surface area contributed by atoms with E-state index in [0.717, 1.165) is 11.1 Å². The fraction of sp³-hybridized carbons (Fsp3) is 0.300. The standard InChI is InChI=1S/C20H20ClN3O5S/c1-13-9-18-19(29-12-28-18)10-14(13)11-22-23-20(25)17-3-2-8-24(17)30(26,27)16-6-4-15(21)5-7-16/h4-7,9-11,17H,2-3,8,12H2,1H3,(H,23,25)/b22-11-/t17-/m1/s1. The van der Waals surface area contributed by atoms with E-state index in [1.165, 1.54) is 34.8 Å². The lowest BCUT2D eigenvalue weighted by Crippen LogP contribution is -2.44. The number of carbonyl (C=O) groups is 1. The highest BCUT2D eigenvalue weighted by Crippen LogP contribution is 2.34. The Morgan fingerprint density at radius 3 is 2.67 bits per heavy atom. The molecule has 1 amide bonds. The second-order valence-electron chi connectivity index (χ2n) is 7.02. The van der Waals surface area contributed by atoms with Crippen LogP contribution >= 0.6 is 11.6 Å². The average molecular weight is 450 g/mol. The Morgan fingerprint density at radius 2 is 1.93 bits per heavy atom. The zero-order chi connectivity index (χ0) is 21.3. The molecule has 2 aliphatic rings. The molecule has 30 heavy (non-hydrogen) atoms. The summed E-state index contributed by atoms with van der Waals surface area (Å²) in [6.07, 6.45) is 2.52. The van der Waals surface area contributed by atoms with Gasteiger partial charge in [-0.3, -0.25) is 4.79 Å². The van der Waals surface area contributed by atoms with Gasteiger partial charge in [0, 0.05) is 17.1 Å². The van der Waals surface area contributed by atoms with Gasteiger partial charge in [-0.05, 0) is 61.7 Å². The molecule has 0 saturated carbocycles. The fourth-order valence-electron chi connectivity index (χ4n) is 3.47.